The van der Waals surface area contributed by atoms with Crippen molar-refractivity contribution in [2.24, 2.45) is 4.99 Å². The van der Waals surface area contributed by atoms with E-state index in [4.69, 9.17) is 0 Å². The highest BCUT2D eigenvalue weighted by atomic mass is 16.1. The van der Waals surface area contributed by atoms with Gasteiger partial charge in [-0.15, -0.1) is 0 Å². The van der Waals surface area contributed by atoms with E-state index in [2.05, 4.69) is 4.99 Å². The monoisotopic (exact) mass is 95.0 g/mol. The summed E-state index contributed by atoms with van der Waals surface area (Å²) >= 11 is 0. The maximum Gasteiger partial charge on any atom is 0.168 e. The molecule has 0 aromatic heterocycles. The van der Waals surface area contributed by atoms with Crippen LogP contribution < -0.4 is 0 Å². The Morgan fingerprint density at radius 2 is 2.71 bits per heavy atom. The van der Waals surface area contributed by atoms with Crippen molar-refractivity contribution in [1.29, 1.82) is 0 Å². The maximum absolute atomic E-state index is 9.83. The summed E-state index contributed by atoms with van der Waals surface area (Å²) in [6.45, 7) is 0. The third kappa shape index (κ3) is 0.738. The summed E-state index contributed by atoms with van der Waals surface area (Å²) in [7, 11) is 0. The zero-order valence-corrected chi connectivity index (χ0v) is 3.79. The summed E-state index contributed by atoms with van der Waals surface area (Å²) in [4.78, 5) is 13.5. The molecule has 0 saturated heterocycles. The minimum Gasteiger partial charge on any atom is -0.296 e. The SMILES string of the molecule is O=CC1=CCC=N1. The first kappa shape index (κ1) is 4.24. The molecule has 0 radical (unpaired) electrons. The van der Waals surface area contributed by atoms with Crippen LogP contribution in [0.1, 0.15) is 6.42 Å². The van der Waals surface area contributed by atoms with Crippen molar-refractivity contribution in [2.45, 2.75) is 6.42 Å². The Kier molecular flexibility index (Phi) is 1.02. The van der Waals surface area contributed by atoms with Crippen molar-refractivity contribution >= 4 is 12.5 Å². The average Bonchev–Trinajstić information content (AvgIpc) is 2.14. The molecule has 2 heteroatoms. The van der Waals surface area contributed by atoms with Crippen LogP contribution in [0, 0.1) is 0 Å². The van der Waals surface area contributed by atoms with Crippen molar-refractivity contribution in [2.75, 3.05) is 0 Å². The summed E-state index contributed by atoms with van der Waals surface area (Å²) in [5, 5.41) is 0. The zero-order chi connectivity index (χ0) is 5.11. The second-order valence-corrected chi connectivity index (χ2v) is 1.29. The lowest BCUT2D eigenvalue weighted by Crippen LogP contribution is -1.69. The molecule has 0 N–H and O–H groups in total. The van der Waals surface area contributed by atoms with Crippen LogP contribution in [0.25, 0.3) is 0 Å². The third-order valence-corrected chi connectivity index (χ3v) is 0.794. The number of hydrogen-bond acceptors (Lipinski definition) is 2. The quantitative estimate of drug-likeness (QED) is 0.437. The van der Waals surface area contributed by atoms with Gasteiger partial charge in [-0.3, -0.25) is 9.79 Å². The molecule has 1 aliphatic rings. The standard InChI is InChI=1S/C5H5NO/c7-4-5-2-1-3-6-5/h2-4H,1H2. The maximum atomic E-state index is 9.83. The van der Waals surface area contributed by atoms with Crippen molar-refractivity contribution in [3.8, 4) is 0 Å². The first-order valence-electron chi connectivity index (χ1n) is 2.11. The van der Waals surface area contributed by atoms with Gasteiger partial charge in [-0.05, 0) is 0 Å². The van der Waals surface area contributed by atoms with E-state index >= 15 is 0 Å². The minimum absolute atomic E-state index is 0.556. The molecule has 0 amide bonds. The topological polar surface area (TPSA) is 29.4 Å². The van der Waals surface area contributed by atoms with Crippen LogP contribution in [0.4, 0.5) is 0 Å². The summed E-state index contributed by atoms with van der Waals surface area (Å²) in [6.07, 6.45) is 5.06. The van der Waals surface area contributed by atoms with Crippen molar-refractivity contribution < 1.29 is 4.79 Å². The highest BCUT2D eigenvalue weighted by molar-refractivity contribution is 5.81. The Labute approximate surface area is 41.6 Å². The molecule has 0 aromatic carbocycles. The molecule has 36 valence electrons. The molecule has 0 bridgehead atoms. The van der Waals surface area contributed by atoms with E-state index in [1.54, 1.807) is 12.3 Å². The van der Waals surface area contributed by atoms with Crippen LogP contribution in [0.15, 0.2) is 16.8 Å². The number of allylic oxidation sites excluding steroid dienone is 2. The number of nitrogens with zero attached hydrogens (tertiary/aromatic N) is 1. The summed E-state index contributed by atoms with van der Waals surface area (Å²) in [5.74, 6) is 0. The average molecular weight is 95.1 g/mol. The Morgan fingerprint density at radius 1 is 1.86 bits per heavy atom. The summed E-state index contributed by atoms with van der Waals surface area (Å²) < 4.78 is 0. The number of carbonyl (C=O) groups excluding carboxylic acids is 1. The fourth-order valence-electron chi connectivity index (χ4n) is 0.463. The van der Waals surface area contributed by atoms with Gasteiger partial charge >= 0.3 is 0 Å². The van der Waals surface area contributed by atoms with Gasteiger partial charge in [0.05, 0.1) is 5.70 Å². The fourth-order valence-corrected chi connectivity index (χ4v) is 0.463. The van der Waals surface area contributed by atoms with E-state index in [1.807, 2.05) is 0 Å². The Hall–Kier alpha value is -0.920. The second kappa shape index (κ2) is 1.69. The van der Waals surface area contributed by atoms with Gasteiger partial charge in [0.1, 0.15) is 0 Å². The van der Waals surface area contributed by atoms with Gasteiger partial charge in [0.25, 0.3) is 0 Å². The molecule has 1 heterocycles. The highest BCUT2D eigenvalue weighted by Gasteiger charge is 1.92. The lowest BCUT2D eigenvalue weighted by molar-refractivity contribution is -0.104. The third-order valence-electron chi connectivity index (χ3n) is 0.794. The molecule has 1 rings (SSSR count). The van der Waals surface area contributed by atoms with Crippen LogP contribution >= 0.6 is 0 Å². The molecule has 0 aliphatic carbocycles. The van der Waals surface area contributed by atoms with Crippen molar-refractivity contribution in [3.63, 3.8) is 0 Å². The van der Waals surface area contributed by atoms with Gasteiger partial charge in [-0.1, -0.05) is 6.08 Å². The molecular weight excluding hydrogens is 90.1 g/mol. The van der Waals surface area contributed by atoms with E-state index in [0.29, 0.717) is 5.70 Å². The van der Waals surface area contributed by atoms with Crippen LogP contribution in [0.2, 0.25) is 0 Å². The van der Waals surface area contributed by atoms with Gasteiger partial charge in [0, 0.05) is 12.6 Å². The van der Waals surface area contributed by atoms with Crippen LogP contribution in [-0.2, 0) is 4.79 Å². The molecule has 0 fully saturated rings. The Bertz CT molecular complexity index is 135. The zero-order valence-electron chi connectivity index (χ0n) is 3.79. The van der Waals surface area contributed by atoms with E-state index in [-0.39, 0.29) is 0 Å². The Morgan fingerprint density at radius 3 is 3.00 bits per heavy atom. The number of aldehydes is 1. The van der Waals surface area contributed by atoms with Gasteiger partial charge < -0.3 is 0 Å². The largest absolute Gasteiger partial charge is 0.296 e. The lowest BCUT2D eigenvalue weighted by Gasteiger charge is -1.72. The molecule has 2 nitrogen and oxygen atoms in total. The van der Waals surface area contributed by atoms with Gasteiger partial charge in [0.15, 0.2) is 6.29 Å². The molecular formula is C5H5NO. The summed E-state index contributed by atoms with van der Waals surface area (Å²) in [6, 6.07) is 0. The highest BCUT2D eigenvalue weighted by Crippen LogP contribution is 1.99. The molecule has 0 unspecified atom stereocenters. The Balaban J connectivity index is 2.69. The smallest absolute Gasteiger partial charge is 0.168 e. The molecule has 7 heavy (non-hydrogen) atoms. The van der Waals surface area contributed by atoms with Gasteiger partial charge in [-0.25, -0.2) is 0 Å². The molecule has 0 saturated carbocycles. The molecule has 0 aromatic rings. The van der Waals surface area contributed by atoms with E-state index in [1.165, 1.54) is 0 Å². The lowest BCUT2D eigenvalue weighted by atomic mass is 10.4. The van der Waals surface area contributed by atoms with E-state index in [9.17, 15) is 4.79 Å². The van der Waals surface area contributed by atoms with Gasteiger partial charge in [-0.2, -0.15) is 0 Å². The predicted molar refractivity (Wildman–Crippen MR) is 27.3 cm³/mol. The van der Waals surface area contributed by atoms with Crippen molar-refractivity contribution in [1.82, 2.24) is 0 Å². The van der Waals surface area contributed by atoms with Crippen LogP contribution in [-0.4, -0.2) is 12.5 Å². The number of rotatable bonds is 1. The first-order chi connectivity index (χ1) is 3.43. The number of carbonyl (C=O) groups is 1. The van der Waals surface area contributed by atoms with Crippen LogP contribution in [0.3, 0.4) is 0 Å². The van der Waals surface area contributed by atoms with E-state index < -0.39 is 0 Å². The number of aliphatic imine (C=N–C) groups is 1. The predicted octanol–water partition coefficient (Wildman–Crippen LogP) is 0.544. The van der Waals surface area contributed by atoms with Gasteiger partial charge in [0.2, 0.25) is 0 Å². The normalized spacial score (nSPS) is 16.9. The van der Waals surface area contributed by atoms with E-state index in [0.717, 1.165) is 12.7 Å². The molecule has 0 spiro atoms. The first-order valence-corrected chi connectivity index (χ1v) is 2.11. The summed E-state index contributed by atoms with van der Waals surface area (Å²) in [5.41, 5.74) is 0.556. The minimum atomic E-state index is 0.556. The molecule has 0 atom stereocenters. The molecule has 1 aliphatic heterocycles. The van der Waals surface area contributed by atoms with Crippen LogP contribution in [0.5, 0.6) is 0 Å². The van der Waals surface area contributed by atoms with Crippen molar-refractivity contribution in [3.05, 3.63) is 11.8 Å². The number of hydrogen-bond donors (Lipinski definition) is 0. The second-order valence-electron chi connectivity index (χ2n) is 1.29. The fraction of sp³-hybridized carbons (Fsp3) is 0.200.